The molecule has 0 spiro atoms. The summed E-state index contributed by atoms with van der Waals surface area (Å²) in [5.41, 5.74) is 4.38. The first-order valence-corrected chi connectivity index (χ1v) is 3.91. The molecule has 53 valence electrons. The van der Waals surface area contributed by atoms with Crippen molar-refractivity contribution < 1.29 is 0 Å². The quantitative estimate of drug-likeness (QED) is 0.458. The van der Waals surface area contributed by atoms with E-state index in [-0.39, 0.29) is 0 Å². The van der Waals surface area contributed by atoms with E-state index >= 15 is 0 Å². The fourth-order valence-electron chi connectivity index (χ4n) is 2.02. The smallest absolute Gasteiger partial charge is 0.372 e. The van der Waals surface area contributed by atoms with E-state index in [4.69, 9.17) is 0 Å². The van der Waals surface area contributed by atoms with E-state index in [2.05, 4.69) is 20.0 Å². The van der Waals surface area contributed by atoms with Crippen molar-refractivity contribution in [2.24, 2.45) is 9.98 Å². The lowest BCUT2D eigenvalue weighted by atomic mass is 9.44. The molecule has 0 amide bonds. The zero-order valence-electron chi connectivity index (χ0n) is 6.15. The number of aliphatic imine (C=N–C) groups is 2. The van der Waals surface area contributed by atoms with Gasteiger partial charge in [0.15, 0.2) is 0 Å². The lowest BCUT2D eigenvalue weighted by Gasteiger charge is -2.30. The van der Waals surface area contributed by atoms with E-state index < -0.39 is 0 Å². The van der Waals surface area contributed by atoms with Crippen LogP contribution in [0.3, 0.4) is 0 Å². The molecule has 4 heterocycles. The molecular weight excluding hydrogens is 150 g/mol. The number of nitrogens with zero attached hydrogens (tertiary/aromatic N) is 3. The first kappa shape index (κ1) is 5.24. The zero-order chi connectivity index (χ0) is 7.71. The number of hydrogen-bond acceptors (Lipinski definition) is 4. The monoisotopic (exact) mass is 153 g/mol. The van der Waals surface area contributed by atoms with E-state index in [1.807, 2.05) is 19.8 Å². The first-order chi connectivity index (χ1) is 5.95. The SMILES string of the molecule is [B]1NC2=C3N=C1N1C=CN=C2B31. The molecule has 0 aromatic rings. The number of rotatable bonds is 0. The molecule has 0 saturated heterocycles. The molecule has 0 saturated carbocycles. The van der Waals surface area contributed by atoms with Gasteiger partial charge in [0.1, 0.15) is 0 Å². The molecule has 2 bridgehead atoms. The van der Waals surface area contributed by atoms with Crippen LogP contribution in [0.25, 0.3) is 0 Å². The third-order valence-electron chi connectivity index (χ3n) is 2.59. The maximum absolute atomic E-state index is 4.44. The van der Waals surface area contributed by atoms with Gasteiger partial charge in [-0.1, -0.05) is 0 Å². The second-order valence-corrected chi connectivity index (χ2v) is 3.14. The molecule has 6 heteroatoms. The van der Waals surface area contributed by atoms with Crippen LogP contribution in [0.5, 0.6) is 0 Å². The Morgan fingerprint density at radius 3 is 3.58 bits per heavy atom. The highest BCUT2D eigenvalue weighted by Crippen LogP contribution is 2.36. The second kappa shape index (κ2) is 1.37. The Bertz CT molecular complexity index is 419. The summed E-state index contributed by atoms with van der Waals surface area (Å²) in [6.07, 6.45) is 3.80. The Labute approximate surface area is 70.1 Å². The molecule has 4 aliphatic rings. The van der Waals surface area contributed by atoms with Crippen LogP contribution in [-0.2, 0) is 0 Å². The Morgan fingerprint density at radius 2 is 2.58 bits per heavy atom. The van der Waals surface area contributed by atoms with E-state index in [1.165, 1.54) is 0 Å². The maximum Gasteiger partial charge on any atom is 0.372 e. The summed E-state index contributed by atoms with van der Waals surface area (Å²) in [5.74, 6) is 0. The molecule has 0 unspecified atom stereocenters. The van der Waals surface area contributed by atoms with Crippen molar-refractivity contribution in [3.63, 3.8) is 0 Å². The van der Waals surface area contributed by atoms with Gasteiger partial charge in [-0.15, -0.1) is 0 Å². The molecule has 12 heavy (non-hydrogen) atoms. The van der Waals surface area contributed by atoms with Crippen LogP contribution in [0.1, 0.15) is 0 Å². The number of amidine groups is 1. The highest BCUT2D eigenvalue weighted by molar-refractivity contribution is 7.08. The Morgan fingerprint density at radius 1 is 1.58 bits per heavy atom. The Hall–Kier alpha value is -1.45. The van der Waals surface area contributed by atoms with Gasteiger partial charge >= 0.3 is 14.3 Å². The fraction of sp³-hybridized carbons (Fsp3) is 0. The summed E-state index contributed by atoms with van der Waals surface area (Å²) < 4.78 is 0. The van der Waals surface area contributed by atoms with Gasteiger partial charge in [0, 0.05) is 12.4 Å². The van der Waals surface area contributed by atoms with Crippen molar-refractivity contribution in [1.82, 2.24) is 10.0 Å². The van der Waals surface area contributed by atoms with Crippen molar-refractivity contribution in [1.29, 1.82) is 0 Å². The predicted octanol–water partition coefficient (Wildman–Crippen LogP) is -0.899. The number of nitrogens with one attached hydrogen (secondary N) is 1. The van der Waals surface area contributed by atoms with Crippen molar-refractivity contribution in [3.8, 4) is 0 Å². The summed E-state index contributed by atoms with van der Waals surface area (Å²) in [6.45, 7) is 0.325. The van der Waals surface area contributed by atoms with Gasteiger partial charge in [-0.05, 0) is 0 Å². The summed E-state index contributed by atoms with van der Waals surface area (Å²) in [5, 5.41) is 3.19. The van der Waals surface area contributed by atoms with Gasteiger partial charge in [0.2, 0.25) is 0 Å². The molecule has 0 aromatic carbocycles. The number of fused-ring (bicyclic) bond motifs is 2. The van der Waals surface area contributed by atoms with E-state index in [9.17, 15) is 0 Å². The summed E-state index contributed by atoms with van der Waals surface area (Å²) >= 11 is 0. The van der Waals surface area contributed by atoms with E-state index in [1.54, 1.807) is 0 Å². The lowest BCUT2D eigenvalue weighted by Crippen LogP contribution is -2.50. The number of hydrogen-bond donors (Lipinski definition) is 1. The van der Waals surface area contributed by atoms with Crippen LogP contribution in [0, 0.1) is 0 Å². The second-order valence-electron chi connectivity index (χ2n) is 3.14. The van der Waals surface area contributed by atoms with Gasteiger partial charge < -0.3 is 10.0 Å². The molecule has 0 fully saturated rings. The van der Waals surface area contributed by atoms with Crippen LogP contribution in [0.4, 0.5) is 0 Å². The van der Waals surface area contributed by atoms with Crippen LogP contribution >= 0.6 is 0 Å². The molecule has 1 radical (unpaired) electrons. The van der Waals surface area contributed by atoms with Crippen LogP contribution in [-0.4, -0.2) is 30.4 Å². The summed E-state index contributed by atoms with van der Waals surface area (Å²) in [4.78, 5) is 10.9. The van der Waals surface area contributed by atoms with Crippen LogP contribution in [0.2, 0.25) is 0 Å². The zero-order valence-corrected chi connectivity index (χ0v) is 6.15. The van der Waals surface area contributed by atoms with Gasteiger partial charge in [0.05, 0.1) is 22.6 Å². The molecular formula is C6H3B2N4. The topological polar surface area (TPSA) is 40.0 Å². The Kier molecular flexibility index (Phi) is 0.600. The van der Waals surface area contributed by atoms with Crippen LogP contribution in [0.15, 0.2) is 33.7 Å². The third kappa shape index (κ3) is 0.346. The summed E-state index contributed by atoms with van der Waals surface area (Å²) in [7, 11) is 1.93. The highest BCUT2D eigenvalue weighted by Gasteiger charge is 2.54. The fourth-order valence-corrected chi connectivity index (χ4v) is 2.02. The average molecular weight is 153 g/mol. The van der Waals surface area contributed by atoms with Crippen molar-refractivity contribution in [2.45, 2.75) is 0 Å². The van der Waals surface area contributed by atoms with Crippen molar-refractivity contribution in [2.75, 3.05) is 0 Å². The minimum Gasteiger partial charge on any atom is -0.424 e. The van der Waals surface area contributed by atoms with Gasteiger partial charge in [-0.25, -0.2) is 0 Å². The standard InChI is InChI=1S/C6H3B2N4/c1-2-12-6-7-11-3-4(9-1)8(12)5(3)10-6/h1-2,11H. The minimum absolute atomic E-state index is 0.325. The molecule has 0 atom stereocenters. The highest BCUT2D eigenvalue weighted by atomic mass is 15.2. The molecule has 4 rings (SSSR count). The van der Waals surface area contributed by atoms with Crippen molar-refractivity contribution in [3.05, 3.63) is 23.7 Å². The number of allylic oxidation sites excluding steroid dienone is 1. The lowest BCUT2D eigenvalue weighted by molar-refractivity contribution is 0.896. The molecule has 1 N–H and O–H groups in total. The van der Waals surface area contributed by atoms with Gasteiger partial charge in [0.25, 0.3) is 0 Å². The third-order valence-corrected chi connectivity index (χ3v) is 2.59. The van der Waals surface area contributed by atoms with E-state index in [0.717, 1.165) is 22.6 Å². The average Bonchev–Trinajstić information content (AvgIpc) is 2.33. The van der Waals surface area contributed by atoms with Crippen LogP contribution < -0.4 is 5.23 Å². The maximum atomic E-state index is 4.44. The molecule has 0 aliphatic carbocycles. The largest absolute Gasteiger partial charge is 0.424 e. The Balaban J connectivity index is 2.10. The predicted molar refractivity (Wildman–Crippen MR) is 47.5 cm³/mol. The van der Waals surface area contributed by atoms with Crippen molar-refractivity contribution >= 4 is 25.6 Å². The normalized spacial score (nSPS) is 26.0. The summed E-state index contributed by atoms with van der Waals surface area (Å²) in [6, 6.07) is 0. The molecule has 4 nitrogen and oxygen atoms in total. The molecule has 4 aliphatic heterocycles. The minimum atomic E-state index is 0.325. The van der Waals surface area contributed by atoms with Gasteiger partial charge in [-0.3, -0.25) is 9.98 Å². The molecule has 0 aromatic heterocycles. The first-order valence-electron chi connectivity index (χ1n) is 3.91. The van der Waals surface area contributed by atoms with E-state index in [0.29, 0.717) is 6.85 Å². The van der Waals surface area contributed by atoms with Gasteiger partial charge in [-0.2, -0.15) is 0 Å².